The van der Waals surface area contributed by atoms with Crippen molar-refractivity contribution >= 4 is 15.2 Å². The third-order valence-corrected chi connectivity index (χ3v) is 8.72. The molecule has 7 nitrogen and oxygen atoms in total. The topological polar surface area (TPSA) is 135 Å². The number of hydrogen-bond acceptors (Lipinski definition) is 3. The zero-order valence-corrected chi connectivity index (χ0v) is 13.9. The van der Waals surface area contributed by atoms with Gasteiger partial charge in [-0.15, -0.1) is 0 Å². The van der Waals surface area contributed by atoms with Gasteiger partial charge in [0.05, 0.1) is 0 Å². The summed E-state index contributed by atoms with van der Waals surface area (Å²) in [5, 5.41) is 6.67. The minimum Gasteiger partial charge on any atom is -0.368 e. The smallest absolute Gasteiger partial charge is 0.368 e. The highest BCUT2D eigenvalue weighted by Crippen LogP contribution is 2.71. The van der Waals surface area contributed by atoms with Gasteiger partial charge in [-0.2, -0.15) is 0 Å². The fourth-order valence-corrected chi connectivity index (χ4v) is 5.36. The maximum Gasteiger partial charge on any atom is 0.369 e. The van der Waals surface area contributed by atoms with Crippen molar-refractivity contribution in [2.45, 2.75) is 52.0 Å². The summed E-state index contributed by atoms with van der Waals surface area (Å²) in [6.45, 7) is 8.00. The molecule has 1 aliphatic rings. The molecule has 0 heterocycles. The summed E-state index contributed by atoms with van der Waals surface area (Å²) in [6.07, 6.45) is 0.485. The van der Waals surface area contributed by atoms with Crippen LogP contribution in [0.2, 0.25) is 0 Å². The Morgan fingerprint density at radius 2 is 1.25 bits per heavy atom. The lowest BCUT2D eigenvalue weighted by Crippen LogP contribution is -2.31. The van der Waals surface area contributed by atoms with Crippen LogP contribution in [0.3, 0.4) is 0 Å². The molecule has 0 bridgehead atoms. The maximum atomic E-state index is 11.4. The molecule has 0 atom stereocenters. The minimum atomic E-state index is -5.35. The van der Waals surface area contributed by atoms with Crippen molar-refractivity contribution < 1.29 is 33.8 Å². The molecule has 0 aromatic rings. The Kier molecular flexibility index (Phi) is 4.47. The van der Waals surface area contributed by atoms with E-state index < -0.39 is 26.7 Å². The fraction of sp³-hybridized carbons (Fsp3) is 1.00. The Bertz CT molecular complexity index is 435. The van der Waals surface area contributed by atoms with Gasteiger partial charge in [-0.05, 0) is 29.6 Å². The molecule has 0 spiro atoms. The van der Waals surface area contributed by atoms with Gasteiger partial charge in [0.25, 0.3) is 5.08 Å². The highest BCUT2D eigenvalue weighted by Gasteiger charge is 2.61. The van der Waals surface area contributed by atoms with Crippen LogP contribution >= 0.6 is 15.2 Å². The average molecular weight is 330 g/mol. The second kappa shape index (κ2) is 4.88. The molecule has 9 heteroatoms. The monoisotopic (exact) mass is 330 g/mol. The van der Waals surface area contributed by atoms with Crippen molar-refractivity contribution in [3.63, 3.8) is 0 Å². The molecule has 1 fully saturated rings. The lowest BCUT2D eigenvalue weighted by molar-refractivity contribution is 0.105. The summed E-state index contributed by atoms with van der Waals surface area (Å²) in [5.74, 6) is -0.356. The highest BCUT2D eigenvalue weighted by molar-refractivity contribution is 7.72. The van der Waals surface area contributed by atoms with Crippen molar-refractivity contribution in [3.05, 3.63) is 0 Å². The van der Waals surface area contributed by atoms with Gasteiger partial charge < -0.3 is 24.7 Å². The second-order valence-electron chi connectivity index (χ2n) is 7.11. The summed E-state index contributed by atoms with van der Waals surface area (Å²) in [5.41, 5.74) is -0.273. The van der Waals surface area contributed by atoms with Crippen LogP contribution in [0, 0.1) is 16.7 Å². The van der Waals surface area contributed by atoms with E-state index in [0.717, 1.165) is 0 Å². The first kappa shape index (κ1) is 18.3. The van der Waals surface area contributed by atoms with Gasteiger partial charge in [0.1, 0.15) is 0 Å². The summed E-state index contributed by atoms with van der Waals surface area (Å²) in [6, 6.07) is 0. The van der Waals surface area contributed by atoms with Gasteiger partial charge in [-0.25, -0.2) is 0 Å². The maximum absolute atomic E-state index is 11.4. The summed E-state index contributed by atoms with van der Waals surface area (Å²) in [7, 11) is -10.7. The van der Waals surface area contributed by atoms with Gasteiger partial charge in [-0.1, -0.05) is 27.7 Å². The van der Waals surface area contributed by atoms with E-state index in [9.17, 15) is 14.2 Å². The molecule has 1 rings (SSSR count). The molecule has 1 aliphatic carbocycles. The molecular weight excluding hydrogens is 306 g/mol. The molecule has 0 amide bonds. The predicted molar refractivity (Wildman–Crippen MR) is 73.9 cm³/mol. The molecule has 0 radical (unpaired) electrons. The molecule has 0 aromatic heterocycles. The number of hydrogen-bond donors (Lipinski definition) is 5. The van der Waals surface area contributed by atoms with Crippen molar-refractivity contribution in [2.24, 2.45) is 16.7 Å². The van der Waals surface area contributed by atoms with Crippen molar-refractivity contribution in [3.8, 4) is 0 Å². The summed E-state index contributed by atoms with van der Waals surface area (Å²) in [4.78, 5) is 36.6. The molecule has 1 saturated carbocycles. The van der Waals surface area contributed by atoms with Gasteiger partial charge in [0.2, 0.25) is 0 Å². The van der Waals surface area contributed by atoms with Crippen LogP contribution in [0.15, 0.2) is 0 Å². The lowest BCUT2D eigenvalue weighted by Gasteiger charge is -2.34. The summed E-state index contributed by atoms with van der Waals surface area (Å²) < 4.78 is 22.7. The van der Waals surface area contributed by atoms with Crippen molar-refractivity contribution in [1.29, 1.82) is 0 Å². The third kappa shape index (κ3) is 3.05. The first-order valence-electron chi connectivity index (χ1n) is 6.37. The SMILES string of the molecule is CC1(C)CC(CC(O)(P(=O)(O)O)P(=O)(O)O)CC1(C)C. The van der Waals surface area contributed by atoms with Crippen LogP contribution in [0.25, 0.3) is 0 Å². The first-order chi connectivity index (χ1) is 8.54. The van der Waals surface area contributed by atoms with Gasteiger partial charge in [0, 0.05) is 6.42 Å². The molecule has 5 N–H and O–H groups in total. The van der Waals surface area contributed by atoms with Crippen LogP contribution in [-0.2, 0) is 9.13 Å². The van der Waals surface area contributed by atoms with Crippen molar-refractivity contribution in [2.75, 3.05) is 0 Å². The molecule has 120 valence electrons. The molecular formula is C11H24O7P2. The van der Waals surface area contributed by atoms with Gasteiger partial charge >= 0.3 is 15.2 Å². The van der Waals surface area contributed by atoms with Crippen LogP contribution in [0.1, 0.15) is 47.0 Å². The zero-order valence-electron chi connectivity index (χ0n) is 12.1. The molecule has 0 aromatic carbocycles. The Morgan fingerprint density at radius 1 is 0.950 bits per heavy atom. The van der Waals surface area contributed by atoms with E-state index in [0.29, 0.717) is 12.8 Å². The van der Waals surface area contributed by atoms with Crippen LogP contribution in [-0.4, -0.2) is 29.8 Å². The average Bonchev–Trinajstić information content (AvgIpc) is 2.30. The minimum absolute atomic E-state index is 0.137. The van der Waals surface area contributed by atoms with Crippen LogP contribution in [0.4, 0.5) is 0 Å². The predicted octanol–water partition coefficient (Wildman–Crippen LogP) is 1.84. The van der Waals surface area contributed by atoms with Crippen LogP contribution < -0.4 is 0 Å². The van der Waals surface area contributed by atoms with Crippen molar-refractivity contribution in [1.82, 2.24) is 0 Å². The Labute approximate surface area is 118 Å². The van der Waals surface area contributed by atoms with E-state index in [1.165, 1.54) is 0 Å². The van der Waals surface area contributed by atoms with Gasteiger partial charge in [-0.3, -0.25) is 9.13 Å². The Hall–Kier alpha value is 0.260. The lowest BCUT2D eigenvalue weighted by atomic mass is 9.71. The Balaban J connectivity index is 3.08. The first-order valence-corrected chi connectivity index (χ1v) is 9.60. The molecule has 20 heavy (non-hydrogen) atoms. The van der Waals surface area contributed by atoms with Gasteiger partial charge in [0.15, 0.2) is 0 Å². The van der Waals surface area contributed by atoms with E-state index in [2.05, 4.69) is 0 Å². The molecule has 0 aliphatic heterocycles. The normalized spacial score (nSPS) is 24.1. The Morgan fingerprint density at radius 3 is 1.50 bits per heavy atom. The standard InChI is InChI=1S/C11H24O7P2/c1-9(2)5-8(6-10(9,3)4)7-11(12,19(13,14)15)20(16,17)18/h8,12H,5-7H2,1-4H3,(H2,13,14,15)(H2,16,17,18). The quantitative estimate of drug-likeness (QED) is 0.496. The fourth-order valence-electron chi connectivity index (χ4n) is 3.01. The largest absolute Gasteiger partial charge is 0.369 e. The van der Waals surface area contributed by atoms with E-state index in [-0.39, 0.29) is 16.7 Å². The number of rotatable bonds is 4. The second-order valence-corrected chi connectivity index (χ2v) is 11.1. The molecule has 0 saturated heterocycles. The zero-order chi connectivity index (χ0) is 16.2. The highest BCUT2D eigenvalue weighted by atomic mass is 31.2. The summed E-state index contributed by atoms with van der Waals surface area (Å²) >= 11 is 0. The van der Waals surface area contributed by atoms with E-state index >= 15 is 0 Å². The van der Waals surface area contributed by atoms with E-state index in [1.54, 1.807) is 0 Å². The van der Waals surface area contributed by atoms with E-state index in [4.69, 9.17) is 19.6 Å². The number of aliphatic hydroxyl groups is 1. The third-order valence-electron chi connectivity index (χ3n) is 4.93. The molecule has 0 unspecified atom stereocenters. The van der Waals surface area contributed by atoms with Crippen LogP contribution in [0.5, 0.6) is 0 Å². The van der Waals surface area contributed by atoms with E-state index in [1.807, 2.05) is 27.7 Å².